The molecular formula is C13H11ClN4O4S. The van der Waals surface area contributed by atoms with Gasteiger partial charge in [-0.25, -0.2) is 4.79 Å². The number of hydrogen-bond acceptors (Lipinski definition) is 8. The molecule has 3 aromatic rings. The number of aromatic nitrogens is 4. The third kappa shape index (κ3) is 2.92. The van der Waals surface area contributed by atoms with Gasteiger partial charge in [0.2, 0.25) is 0 Å². The van der Waals surface area contributed by atoms with Crippen LogP contribution < -0.4 is 15.2 Å². The van der Waals surface area contributed by atoms with Crippen LogP contribution in [0.4, 0.5) is 0 Å². The summed E-state index contributed by atoms with van der Waals surface area (Å²) < 4.78 is 20.7. The highest BCUT2D eigenvalue weighted by molar-refractivity contribution is 7.10. The lowest BCUT2D eigenvalue weighted by Gasteiger charge is -2.09. The first kappa shape index (κ1) is 15.5. The number of halogens is 1. The Labute approximate surface area is 139 Å². The lowest BCUT2D eigenvalue weighted by atomic mass is 10.2. The zero-order valence-corrected chi connectivity index (χ0v) is 13.7. The molecule has 0 aliphatic carbocycles. The summed E-state index contributed by atoms with van der Waals surface area (Å²) in [7, 11) is 3.07. The number of methoxy groups -OCH3 is 2. The smallest absolute Gasteiger partial charge is 0.442 e. The van der Waals surface area contributed by atoms with Crippen molar-refractivity contribution in [3.63, 3.8) is 0 Å². The van der Waals surface area contributed by atoms with Crippen molar-refractivity contribution in [1.82, 2.24) is 19.3 Å². The van der Waals surface area contributed by atoms with E-state index in [1.54, 1.807) is 25.3 Å². The molecule has 0 N–H and O–H groups in total. The topological polar surface area (TPSA) is 92.3 Å². The van der Waals surface area contributed by atoms with Crippen molar-refractivity contribution >= 4 is 23.1 Å². The van der Waals surface area contributed by atoms with E-state index in [4.69, 9.17) is 25.6 Å². The second-order valence-electron chi connectivity index (χ2n) is 4.42. The summed E-state index contributed by atoms with van der Waals surface area (Å²) in [6, 6.07) is 5.17. The summed E-state index contributed by atoms with van der Waals surface area (Å²) in [5.74, 6) is 0.805. The van der Waals surface area contributed by atoms with E-state index >= 15 is 0 Å². The van der Waals surface area contributed by atoms with Crippen molar-refractivity contribution < 1.29 is 14.0 Å². The van der Waals surface area contributed by atoms with Gasteiger partial charge in [-0.3, -0.25) is 9.09 Å². The van der Waals surface area contributed by atoms with E-state index in [1.807, 2.05) is 0 Å². The molecule has 0 amide bonds. The molecule has 0 saturated heterocycles. The highest BCUT2D eigenvalue weighted by Crippen LogP contribution is 2.31. The molecule has 0 spiro atoms. The minimum atomic E-state index is -0.612. The molecule has 8 nitrogen and oxygen atoms in total. The summed E-state index contributed by atoms with van der Waals surface area (Å²) in [6.45, 7) is 0.112. The van der Waals surface area contributed by atoms with Gasteiger partial charge >= 0.3 is 5.76 Å². The lowest BCUT2D eigenvalue weighted by molar-refractivity contribution is 0.355. The van der Waals surface area contributed by atoms with Gasteiger partial charge in [-0.2, -0.15) is 0 Å². The Morgan fingerprint density at radius 1 is 1.30 bits per heavy atom. The van der Waals surface area contributed by atoms with Gasteiger partial charge in [0.15, 0.2) is 17.3 Å². The Balaban J connectivity index is 2.04. The minimum Gasteiger partial charge on any atom is -0.493 e. The van der Waals surface area contributed by atoms with Gasteiger partial charge in [-0.1, -0.05) is 21.2 Å². The van der Waals surface area contributed by atoms with Crippen molar-refractivity contribution in [1.29, 1.82) is 0 Å². The van der Waals surface area contributed by atoms with E-state index < -0.39 is 5.76 Å². The number of hydrogen-bond donors (Lipinski definition) is 0. The third-order valence-electron chi connectivity index (χ3n) is 3.15. The van der Waals surface area contributed by atoms with Crippen LogP contribution in [0.2, 0.25) is 4.34 Å². The molecule has 0 saturated carbocycles. The summed E-state index contributed by atoms with van der Waals surface area (Å²) in [5, 5.41) is 7.71. The number of benzene rings is 1. The van der Waals surface area contributed by atoms with Gasteiger partial charge in [0.05, 0.1) is 20.8 Å². The van der Waals surface area contributed by atoms with Crippen LogP contribution in [0.25, 0.3) is 11.4 Å². The normalized spacial score (nSPS) is 10.7. The average Bonchev–Trinajstić information content (AvgIpc) is 3.14. The Kier molecular flexibility index (Phi) is 4.30. The standard InChI is InChI=1S/C13H11ClN4O4S/c1-20-9-4-3-7(5-10(9)21-2)12-16-22-13(19)18(12)6-8-11(14)23-17-15-8/h3-5H,6H2,1-2H3. The fourth-order valence-electron chi connectivity index (χ4n) is 2.03. The fraction of sp³-hybridized carbons (Fsp3) is 0.231. The molecule has 0 bridgehead atoms. The van der Waals surface area contributed by atoms with E-state index in [0.29, 0.717) is 32.9 Å². The lowest BCUT2D eigenvalue weighted by Crippen LogP contribution is -2.16. The largest absolute Gasteiger partial charge is 0.493 e. The van der Waals surface area contributed by atoms with Gasteiger partial charge < -0.3 is 9.47 Å². The highest BCUT2D eigenvalue weighted by atomic mass is 35.5. The molecule has 1 aromatic carbocycles. The number of ether oxygens (including phenoxy) is 2. The maximum absolute atomic E-state index is 11.9. The van der Waals surface area contributed by atoms with Gasteiger partial charge in [-0.15, -0.1) is 5.10 Å². The predicted molar refractivity (Wildman–Crippen MR) is 83.3 cm³/mol. The number of rotatable bonds is 5. The van der Waals surface area contributed by atoms with Crippen molar-refractivity contribution in [3.05, 3.63) is 38.8 Å². The van der Waals surface area contributed by atoms with E-state index in [0.717, 1.165) is 11.5 Å². The van der Waals surface area contributed by atoms with Gasteiger partial charge in [0, 0.05) is 17.1 Å². The second-order valence-corrected chi connectivity index (χ2v) is 5.78. The molecular weight excluding hydrogens is 344 g/mol. The maximum Gasteiger partial charge on any atom is 0.442 e. The summed E-state index contributed by atoms with van der Waals surface area (Å²) in [6.07, 6.45) is 0. The molecule has 2 aromatic heterocycles. The molecule has 2 heterocycles. The molecule has 0 aliphatic heterocycles. The summed E-state index contributed by atoms with van der Waals surface area (Å²) in [4.78, 5) is 11.9. The molecule has 120 valence electrons. The Morgan fingerprint density at radius 3 is 2.74 bits per heavy atom. The van der Waals surface area contributed by atoms with E-state index in [1.165, 1.54) is 11.7 Å². The van der Waals surface area contributed by atoms with Crippen LogP contribution in [0.1, 0.15) is 5.69 Å². The SMILES string of the molecule is COc1ccc(-c2noc(=O)n2Cc2nnsc2Cl)cc1OC. The van der Waals surface area contributed by atoms with Crippen molar-refractivity contribution in [3.8, 4) is 22.9 Å². The Bertz CT molecular complexity index is 888. The van der Waals surface area contributed by atoms with Crippen LogP contribution in [-0.4, -0.2) is 33.5 Å². The van der Waals surface area contributed by atoms with Crippen LogP contribution in [0.5, 0.6) is 11.5 Å². The van der Waals surface area contributed by atoms with Gasteiger partial charge in [0.1, 0.15) is 10.0 Å². The van der Waals surface area contributed by atoms with Crippen molar-refractivity contribution in [2.45, 2.75) is 6.54 Å². The van der Waals surface area contributed by atoms with Crippen LogP contribution in [0, 0.1) is 0 Å². The Hall–Kier alpha value is -2.39. The first-order valence-electron chi connectivity index (χ1n) is 6.39. The molecule has 23 heavy (non-hydrogen) atoms. The molecule has 0 aliphatic rings. The van der Waals surface area contributed by atoms with Crippen LogP contribution in [-0.2, 0) is 6.54 Å². The van der Waals surface area contributed by atoms with Crippen molar-refractivity contribution in [2.75, 3.05) is 14.2 Å². The minimum absolute atomic E-state index is 0.112. The maximum atomic E-state index is 11.9. The zero-order valence-electron chi connectivity index (χ0n) is 12.1. The van der Waals surface area contributed by atoms with E-state index in [9.17, 15) is 4.79 Å². The monoisotopic (exact) mass is 354 g/mol. The molecule has 0 fully saturated rings. The fourth-order valence-corrected chi connectivity index (χ4v) is 2.64. The first-order chi connectivity index (χ1) is 11.1. The average molecular weight is 355 g/mol. The Morgan fingerprint density at radius 2 is 2.09 bits per heavy atom. The molecule has 0 unspecified atom stereocenters. The first-order valence-corrected chi connectivity index (χ1v) is 7.54. The quantitative estimate of drug-likeness (QED) is 0.692. The van der Waals surface area contributed by atoms with E-state index in [2.05, 4.69) is 14.7 Å². The zero-order chi connectivity index (χ0) is 16.4. The van der Waals surface area contributed by atoms with Gasteiger partial charge in [-0.05, 0) is 18.2 Å². The molecule has 0 atom stereocenters. The van der Waals surface area contributed by atoms with Crippen LogP contribution >= 0.6 is 23.1 Å². The second kappa shape index (κ2) is 6.39. The van der Waals surface area contributed by atoms with E-state index in [-0.39, 0.29) is 6.54 Å². The molecule has 10 heteroatoms. The summed E-state index contributed by atoms with van der Waals surface area (Å²) >= 11 is 7.03. The predicted octanol–water partition coefficient (Wildman–Crippen LogP) is 2.07. The van der Waals surface area contributed by atoms with Crippen LogP contribution in [0.3, 0.4) is 0 Å². The van der Waals surface area contributed by atoms with Crippen LogP contribution in [0.15, 0.2) is 27.5 Å². The molecule has 0 radical (unpaired) electrons. The molecule has 3 rings (SSSR count). The van der Waals surface area contributed by atoms with Crippen molar-refractivity contribution in [2.24, 2.45) is 0 Å². The van der Waals surface area contributed by atoms with Gasteiger partial charge in [0.25, 0.3) is 0 Å². The third-order valence-corrected chi connectivity index (χ3v) is 4.13. The number of nitrogens with zero attached hydrogens (tertiary/aromatic N) is 4. The highest BCUT2D eigenvalue weighted by Gasteiger charge is 2.18. The summed E-state index contributed by atoms with van der Waals surface area (Å²) in [5.41, 5.74) is 1.11.